The van der Waals surface area contributed by atoms with Crippen molar-refractivity contribution in [1.29, 1.82) is 0 Å². The van der Waals surface area contributed by atoms with Crippen LogP contribution in [-0.4, -0.2) is 16.6 Å². The summed E-state index contributed by atoms with van der Waals surface area (Å²) in [5.74, 6) is 1.59. The average Bonchev–Trinajstić information content (AvgIpc) is 2.32. The van der Waals surface area contributed by atoms with Gasteiger partial charge in [-0.3, -0.25) is 0 Å². The Morgan fingerprint density at radius 3 is 2.72 bits per heavy atom. The molecule has 18 heavy (non-hydrogen) atoms. The minimum atomic E-state index is 0. The van der Waals surface area contributed by atoms with E-state index >= 15 is 0 Å². The molecule has 0 saturated heterocycles. The number of benzene rings is 1. The standard InChI is InChI=1S/C13H15N3O.ClH/c1-3-17-12-7-5-4-6-11(12)16-13-8-10(2)14-9-15-13;/h4-9H,3H2,1-2H3,(H,14,15,16);1H. The van der Waals surface area contributed by atoms with Crippen molar-refractivity contribution in [3.05, 3.63) is 42.4 Å². The van der Waals surface area contributed by atoms with Crippen LogP contribution in [0, 0.1) is 6.92 Å². The van der Waals surface area contributed by atoms with Crippen LogP contribution >= 0.6 is 12.4 Å². The lowest BCUT2D eigenvalue weighted by atomic mass is 10.3. The smallest absolute Gasteiger partial charge is 0.142 e. The Morgan fingerprint density at radius 1 is 1.22 bits per heavy atom. The first-order chi connectivity index (χ1) is 8.29. The van der Waals surface area contributed by atoms with Crippen LogP contribution in [-0.2, 0) is 0 Å². The molecule has 5 heteroatoms. The van der Waals surface area contributed by atoms with Crippen molar-refractivity contribution >= 4 is 23.9 Å². The highest BCUT2D eigenvalue weighted by Gasteiger charge is 2.03. The molecule has 0 atom stereocenters. The van der Waals surface area contributed by atoms with Crippen LogP contribution in [0.2, 0.25) is 0 Å². The van der Waals surface area contributed by atoms with E-state index in [-0.39, 0.29) is 12.4 Å². The Labute approximate surface area is 113 Å². The SMILES string of the molecule is CCOc1ccccc1Nc1cc(C)ncn1.Cl. The third-order valence-electron chi connectivity index (χ3n) is 2.25. The number of aryl methyl sites for hydroxylation is 1. The molecule has 96 valence electrons. The van der Waals surface area contributed by atoms with Gasteiger partial charge in [-0.15, -0.1) is 12.4 Å². The van der Waals surface area contributed by atoms with Crippen molar-refractivity contribution in [3.8, 4) is 5.75 Å². The molecule has 0 aliphatic heterocycles. The van der Waals surface area contributed by atoms with E-state index in [4.69, 9.17) is 4.74 Å². The first kappa shape index (κ1) is 14.3. The number of hydrogen-bond donors (Lipinski definition) is 1. The predicted octanol–water partition coefficient (Wildman–Crippen LogP) is 3.35. The van der Waals surface area contributed by atoms with Crippen LogP contribution in [0.5, 0.6) is 5.75 Å². The molecule has 0 bridgehead atoms. The summed E-state index contributed by atoms with van der Waals surface area (Å²) in [5.41, 5.74) is 1.84. The summed E-state index contributed by atoms with van der Waals surface area (Å²) in [7, 11) is 0. The van der Waals surface area contributed by atoms with Crippen molar-refractivity contribution in [2.24, 2.45) is 0 Å². The van der Waals surface area contributed by atoms with E-state index < -0.39 is 0 Å². The highest BCUT2D eigenvalue weighted by atomic mass is 35.5. The molecule has 0 unspecified atom stereocenters. The van der Waals surface area contributed by atoms with Crippen molar-refractivity contribution < 1.29 is 4.74 Å². The summed E-state index contributed by atoms with van der Waals surface area (Å²) in [5, 5.41) is 3.22. The van der Waals surface area contributed by atoms with Gasteiger partial charge in [-0.25, -0.2) is 9.97 Å². The van der Waals surface area contributed by atoms with E-state index in [1.807, 2.05) is 44.2 Å². The molecule has 0 aliphatic carbocycles. The highest BCUT2D eigenvalue weighted by Crippen LogP contribution is 2.26. The van der Waals surface area contributed by atoms with E-state index in [2.05, 4.69) is 15.3 Å². The van der Waals surface area contributed by atoms with Gasteiger partial charge in [0.25, 0.3) is 0 Å². The number of para-hydroxylation sites is 2. The number of halogens is 1. The first-order valence-corrected chi connectivity index (χ1v) is 5.57. The summed E-state index contributed by atoms with van der Waals surface area (Å²) in [6.45, 7) is 4.54. The zero-order valence-corrected chi connectivity index (χ0v) is 11.2. The van der Waals surface area contributed by atoms with E-state index in [9.17, 15) is 0 Å². The molecule has 2 rings (SSSR count). The average molecular weight is 266 g/mol. The third-order valence-corrected chi connectivity index (χ3v) is 2.25. The molecule has 0 radical (unpaired) electrons. The van der Waals surface area contributed by atoms with Gasteiger partial charge in [0, 0.05) is 11.8 Å². The second kappa shape index (κ2) is 6.81. The molecule has 0 aliphatic rings. The molecule has 0 amide bonds. The quantitative estimate of drug-likeness (QED) is 0.921. The molecule has 0 spiro atoms. The fourth-order valence-corrected chi connectivity index (χ4v) is 1.51. The highest BCUT2D eigenvalue weighted by molar-refractivity contribution is 5.85. The van der Waals surface area contributed by atoms with Crippen LogP contribution in [0.4, 0.5) is 11.5 Å². The number of rotatable bonds is 4. The van der Waals surface area contributed by atoms with Gasteiger partial charge < -0.3 is 10.1 Å². The molecule has 2 aromatic rings. The van der Waals surface area contributed by atoms with Gasteiger partial charge in [-0.1, -0.05) is 12.1 Å². The van der Waals surface area contributed by atoms with Gasteiger partial charge in [0.1, 0.15) is 17.9 Å². The van der Waals surface area contributed by atoms with E-state index in [1.54, 1.807) is 6.33 Å². The van der Waals surface area contributed by atoms with Crippen molar-refractivity contribution in [2.45, 2.75) is 13.8 Å². The van der Waals surface area contributed by atoms with Crippen LogP contribution in [0.1, 0.15) is 12.6 Å². The van der Waals surface area contributed by atoms with E-state index in [0.29, 0.717) is 6.61 Å². The van der Waals surface area contributed by atoms with Gasteiger partial charge in [0.2, 0.25) is 0 Å². The summed E-state index contributed by atoms with van der Waals surface area (Å²) >= 11 is 0. The minimum Gasteiger partial charge on any atom is -0.492 e. The van der Waals surface area contributed by atoms with Crippen molar-refractivity contribution in [1.82, 2.24) is 9.97 Å². The maximum Gasteiger partial charge on any atom is 0.142 e. The zero-order chi connectivity index (χ0) is 12.1. The van der Waals surface area contributed by atoms with E-state index in [1.165, 1.54) is 0 Å². The lowest BCUT2D eigenvalue weighted by Gasteiger charge is -2.11. The minimum absolute atomic E-state index is 0. The molecule has 1 aromatic heterocycles. The number of nitrogens with one attached hydrogen (secondary N) is 1. The van der Waals surface area contributed by atoms with Crippen LogP contribution < -0.4 is 10.1 Å². The van der Waals surface area contributed by atoms with Crippen molar-refractivity contribution in [2.75, 3.05) is 11.9 Å². The maximum atomic E-state index is 5.53. The second-order valence-corrected chi connectivity index (χ2v) is 3.60. The molecule has 1 N–H and O–H groups in total. The third kappa shape index (κ3) is 3.60. The van der Waals surface area contributed by atoms with Gasteiger partial charge in [0.05, 0.1) is 12.3 Å². The molecule has 0 saturated carbocycles. The number of ether oxygens (including phenoxy) is 1. The zero-order valence-electron chi connectivity index (χ0n) is 10.4. The van der Waals surface area contributed by atoms with Gasteiger partial charge in [-0.2, -0.15) is 0 Å². The maximum absolute atomic E-state index is 5.53. The van der Waals surface area contributed by atoms with Gasteiger partial charge >= 0.3 is 0 Å². The molecule has 1 heterocycles. The molecular weight excluding hydrogens is 250 g/mol. The van der Waals surface area contributed by atoms with Gasteiger partial charge in [-0.05, 0) is 26.0 Å². The lowest BCUT2D eigenvalue weighted by Crippen LogP contribution is -1.99. The Morgan fingerprint density at radius 2 is 2.00 bits per heavy atom. The topological polar surface area (TPSA) is 47.0 Å². The molecule has 1 aromatic carbocycles. The number of nitrogens with zero attached hydrogens (tertiary/aromatic N) is 2. The van der Waals surface area contributed by atoms with E-state index in [0.717, 1.165) is 22.9 Å². The molecule has 4 nitrogen and oxygen atoms in total. The normalized spacial score (nSPS) is 9.44. The largest absolute Gasteiger partial charge is 0.492 e. The fourth-order valence-electron chi connectivity index (χ4n) is 1.51. The number of hydrogen-bond acceptors (Lipinski definition) is 4. The fraction of sp³-hybridized carbons (Fsp3) is 0.231. The van der Waals surface area contributed by atoms with Gasteiger partial charge in [0.15, 0.2) is 0 Å². The molecule has 0 fully saturated rings. The van der Waals surface area contributed by atoms with Crippen LogP contribution in [0.25, 0.3) is 0 Å². The Balaban J connectivity index is 0.00000162. The Bertz CT molecular complexity index is 505. The first-order valence-electron chi connectivity index (χ1n) is 5.57. The Kier molecular flexibility index (Phi) is 5.39. The second-order valence-electron chi connectivity index (χ2n) is 3.60. The summed E-state index contributed by atoms with van der Waals surface area (Å²) < 4.78 is 5.53. The monoisotopic (exact) mass is 265 g/mol. The summed E-state index contributed by atoms with van der Waals surface area (Å²) in [6, 6.07) is 9.69. The summed E-state index contributed by atoms with van der Waals surface area (Å²) in [4.78, 5) is 8.22. The number of anilines is 2. The summed E-state index contributed by atoms with van der Waals surface area (Å²) in [6.07, 6.45) is 1.54. The van der Waals surface area contributed by atoms with Crippen LogP contribution in [0.3, 0.4) is 0 Å². The Hall–Kier alpha value is -1.81. The predicted molar refractivity (Wildman–Crippen MR) is 74.9 cm³/mol. The molecular formula is C13H16ClN3O. The van der Waals surface area contributed by atoms with Crippen molar-refractivity contribution in [3.63, 3.8) is 0 Å². The van der Waals surface area contributed by atoms with Crippen LogP contribution in [0.15, 0.2) is 36.7 Å². The lowest BCUT2D eigenvalue weighted by molar-refractivity contribution is 0.342. The number of aromatic nitrogens is 2.